The Bertz CT molecular complexity index is 1630. The summed E-state index contributed by atoms with van der Waals surface area (Å²) < 4.78 is 1.77. The number of halogens is 2. The quantitative estimate of drug-likeness (QED) is 0.239. The Morgan fingerprint density at radius 1 is 0.972 bits per heavy atom. The molecule has 9 heteroatoms. The molecule has 2 heterocycles. The molecule has 5 aromatic rings. The Labute approximate surface area is 220 Å². The lowest BCUT2D eigenvalue weighted by Crippen LogP contribution is -2.19. The second-order valence-corrected chi connectivity index (χ2v) is 9.85. The number of carboxylic acid groups (broad SMARTS) is 1. The number of carbonyl (C=O) groups is 1. The minimum atomic E-state index is -1.29. The van der Waals surface area contributed by atoms with Crippen LogP contribution in [0.3, 0.4) is 0 Å². The van der Waals surface area contributed by atoms with E-state index >= 15 is 0 Å². The number of fused-ring (bicyclic) bond motifs is 1. The van der Waals surface area contributed by atoms with Gasteiger partial charge in [0.25, 0.3) is 0 Å². The molecule has 2 aromatic heterocycles. The van der Waals surface area contributed by atoms with Crippen molar-refractivity contribution in [3.8, 4) is 11.1 Å². The summed E-state index contributed by atoms with van der Waals surface area (Å²) in [6, 6.07) is 23.1. The van der Waals surface area contributed by atoms with Gasteiger partial charge in [-0.25, -0.2) is 9.78 Å². The highest BCUT2D eigenvalue weighted by atomic mass is 35.5. The topological polar surface area (TPSA) is 84.2 Å². The van der Waals surface area contributed by atoms with Crippen LogP contribution in [0.25, 0.3) is 21.5 Å². The molecule has 0 atom stereocenters. The number of nitrogens with zero attached hydrogens (tertiary/aromatic N) is 2. The molecule has 6 nitrogen and oxygen atoms in total. The van der Waals surface area contributed by atoms with Gasteiger partial charge in [-0.3, -0.25) is 4.79 Å². The van der Waals surface area contributed by atoms with E-state index in [0.29, 0.717) is 38.7 Å². The molecule has 2 N–H and O–H groups in total. The number of nitrogens with one attached hydrogen (secondary N) is 1. The molecule has 0 saturated heterocycles. The first kappa shape index (κ1) is 24.1. The average molecular weight is 536 g/mol. The highest BCUT2D eigenvalue weighted by Crippen LogP contribution is 2.30. The lowest BCUT2D eigenvalue weighted by molar-refractivity contribution is 0.0695. The summed E-state index contributed by atoms with van der Waals surface area (Å²) in [6.45, 7) is 0.662. The third-order valence-electron chi connectivity index (χ3n) is 5.77. The summed E-state index contributed by atoms with van der Waals surface area (Å²) >= 11 is 13.8. The number of thiazole rings is 1. The van der Waals surface area contributed by atoms with Gasteiger partial charge in [0.2, 0.25) is 5.43 Å². The Balaban J connectivity index is 1.57. The second kappa shape index (κ2) is 10.1. The van der Waals surface area contributed by atoms with E-state index in [2.05, 4.69) is 10.3 Å². The van der Waals surface area contributed by atoms with E-state index < -0.39 is 11.4 Å². The van der Waals surface area contributed by atoms with Crippen molar-refractivity contribution in [2.45, 2.75) is 13.1 Å². The maximum absolute atomic E-state index is 12.9. The number of rotatable bonds is 7. The van der Waals surface area contributed by atoms with Crippen molar-refractivity contribution in [1.82, 2.24) is 9.55 Å². The number of pyridine rings is 1. The number of anilines is 1. The number of hydrogen-bond donors (Lipinski definition) is 2. The van der Waals surface area contributed by atoms with Crippen molar-refractivity contribution in [1.29, 1.82) is 0 Å². The standard InChI is InChI=1S/C27H19Cl2N3O3S/c28-21-11-6-12-22(29)19(21)13-30-27-31-23-24(33)20(26(34)35)15-32(25(23)36-27)14-17-9-4-5-10-18(17)16-7-2-1-3-8-16/h1-12,15H,13-14H2,(H,30,31)(H,34,35). The Kier molecular flexibility index (Phi) is 6.78. The van der Waals surface area contributed by atoms with E-state index in [1.807, 2.05) is 54.6 Å². The molecule has 0 aliphatic carbocycles. The van der Waals surface area contributed by atoms with Crippen LogP contribution < -0.4 is 10.7 Å². The summed E-state index contributed by atoms with van der Waals surface area (Å²) in [5.41, 5.74) is 2.92. The van der Waals surface area contributed by atoms with Crippen molar-refractivity contribution in [2.24, 2.45) is 0 Å². The van der Waals surface area contributed by atoms with Crippen molar-refractivity contribution in [3.05, 3.63) is 116 Å². The van der Waals surface area contributed by atoms with Crippen LogP contribution in [0.4, 0.5) is 5.13 Å². The summed E-state index contributed by atoms with van der Waals surface area (Å²) in [7, 11) is 0. The van der Waals surface area contributed by atoms with Crippen molar-refractivity contribution in [2.75, 3.05) is 5.32 Å². The maximum Gasteiger partial charge on any atom is 0.341 e. The zero-order valence-electron chi connectivity index (χ0n) is 18.7. The largest absolute Gasteiger partial charge is 0.477 e. The predicted molar refractivity (Wildman–Crippen MR) is 146 cm³/mol. The molecule has 180 valence electrons. The molecule has 0 aliphatic rings. The van der Waals surface area contributed by atoms with Gasteiger partial charge in [-0.05, 0) is 28.8 Å². The van der Waals surface area contributed by atoms with Gasteiger partial charge in [0, 0.05) is 34.9 Å². The first-order valence-corrected chi connectivity index (χ1v) is 12.6. The van der Waals surface area contributed by atoms with Crippen LogP contribution in [0.15, 0.2) is 83.8 Å². The van der Waals surface area contributed by atoms with Gasteiger partial charge in [-0.2, -0.15) is 0 Å². The number of hydrogen-bond acceptors (Lipinski definition) is 5. The van der Waals surface area contributed by atoms with E-state index in [1.54, 1.807) is 22.8 Å². The minimum Gasteiger partial charge on any atom is -0.477 e. The first-order chi connectivity index (χ1) is 17.4. The molecule has 0 saturated carbocycles. The third-order valence-corrected chi connectivity index (χ3v) is 7.52. The van der Waals surface area contributed by atoms with Gasteiger partial charge in [-0.15, -0.1) is 0 Å². The zero-order valence-corrected chi connectivity index (χ0v) is 21.1. The molecule has 3 aromatic carbocycles. The smallest absolute Gasteiger partial charge is 0.341 e. The maximum atomic E-state index is 12.9. The molecule has 36 heavy (non-hydrogen) atoms. The highest BCUT2D eigenvalue weighted by Gasteiger charge is 2.20. The van der Waals surface area contributed by atoms with Gasteiger partial charge < -0.3 is 15.0 Å². The van der Waals surface area contributed by atoms with Gasteiger partial charge in [-0.1, -0.05) is 95.2 Å². The minimum absolute atomic E-state index is 0.102. The number of aromatic carboxylic acids is 1. The summed E-state index contributed by atoms with van der Waals surface area (Å²) in [6.07, 6.45) is 1.39. The molecule has 0 bridgehead atoms. The van der Waals surface area contributed by atoms with Gasteiger partial charge >= 0.3 is 5.97 Å². The van der Waals surface area contributed by atoms with E-state index in [1.165, 1.54) is 17.5 Å². The molecular weight excluding hydrogens is 517 g/mol. The van der Waals surface area contributed by atoms with E-state index in [9.17, 15) is 14.7 Å². The lowest BCUT2D eigenvalue weighted by atomic mass is 9.99. The molecule has 5 rings (SSSR count). The molecule has 0 aliphatic heterocycles. The van der Waals surface area contributed by atoms with Gasteiger partial charge in [0.1, 0.15) is 15.9 Å². The van der Waals surface area contributed by atoms with E-state index in [-0.39, 0.29) is 11.1 Å². The number of carboxylic acids is 1. The molecule has 0 fully saturated rings. The first-order valence-electron chi connectivity index (χ1n) is 11.0. The Morgan fingerprint density at radius 3 is 2.39 bits per heavy atom. The van der Waals surface area contributed by atoms with Crippen LogP contribution in [0.5, 0.6) is 0 Å². The van der Waals surface area contributed by atoms with Crippen molar-refractivity contribution >= 4 is 56.0 Å². The van der Waals surface area contributed by atoms with Gasteiger partial charge in [0.05, 0.1) is 0 Å². The van der Waals surface area contributed by atoms with Crippen LogP contribution >= 0.6 is 34.5 Å². The Morgan fingerprint density at radius 2 is 1.67 bits per heavy atom. The van der Waals surface area contributed by atoms with Crippen LogP contribution in [0.2, 0.25) is 10.0 Å². The molecule has 0 spiro atoms. The van der Waals surface area contributed by atoms with E-state index in [4.69, 9.17) is 23.2 Å². The second-order valence-electron chi connectivity index (χ2n) is 8.05. The van der Waals surface area contributed by atoms with Crippen LogP contribution in [0, 0.1) is 0 Å². The fourth-order valence-corrected chi connectivity index (χ4v) is 5.47. The van der Waals surface area contributed by atoms with Crippen molar-refractivity contribution < 1.29 is 9.90 Å². The lowest BCUT2D eigenvalue weighted by Gasteiger charge is -2.13. The highest BCUT2D eigenvalue weighted by molar-refractivity contribution is 7.21. The van der Waals surface area contributed by atoms with Crippen molar-refractivity contribution in [3.63, 3.8) is 0 Å². The monoisotopic (exact) mass is 535 g/mol. The SMILES string of the molecule is O=C(O)c1cn(Cc2ccccc2-c2ccccc2)c2sc(NCc3c(Cl)cccc3Cl)nc2c1=O. The third kappa shape index (κ3) is 4.73. The normalized spacial score (nSPS) is 11.1. The fourth-order valence-electron chi connectivity index (χ4n) is 4.01. The van der Waals surface area contributed by atoms with Crippen LogP contribution in [-0.4, -0.2) is 20.6 Å². The van der Waals surface area contributed by atoms with Gasteiger partial charge in [0.15, 0.2) is 5.13 Å². The molecule has 0 radical (unpaired) electrons. The van der Waals surface area contributed by atoms with Crippen LogP contribution in [-0.2, 0) is 13.1 Å². The molecular formula is C27H19Cl2N3O3S. The van der Waals surface area contributed by atoms with E-state index in [0.717, 1.165) is 16.7 Å². The predicted octanol–water partition coefficient (Wildman–Crippen LogP) is 6.79. The summed E-state index contributed by atoms with van der Waals surface area (Å²) in [5, 5.41) is 14.4. The Hall–Kier alpha value is -3.65. The van der Waals surface area contributed by atoms with Crippen LogP contribution in [0.1, 0.15) is 21.5 Å². The fraction of sp³-hybridized carbons (Fsp3) is 0.0741. The summed E-state index contributed by atoms with van der Waals surface area (Å²) in [4.78, 5) is 29.8. The zero-order chi connectivity index (χ0) is 25.2. The number of aromatic nitrogens is 2. The number of benzene rings is 3. The average Bonchev–Trinajstić information content (AvgIpc) is 3.31. The summed E-state index contributed by atoms with van der Waals surface area (Å²) in [5.74, 6) is -1.29. The molecule has 0 unspecified atom stereocenters. The molecule has 0 amide bonds.